The van der Waals surface area contributed by atoms with Crippen LogP contribution in [0.2, 0.25) is 0 Å². The summed E-state index contributed by atoms with van der Waals surface area (Å²) in [5.74, 6) is -1.00. The summed E-state index contributed by atoms with van der Waals surface area (Å²) in [5.41, 5.74) is 3.21. The first-order chi connectivity index (χ1) is 42.0. The van der Waals surface area contributed by atoms with Gasteiger partial charge < -0.3 is 38.9 Å². The topological polar surface area (TPSA) is 360 Å². The Balaban J connectivity index is 1.20. The van der Waals surface area contributed by atoms with E-state index in [1.807, 2.05) is 65.6 Å². The van der Waals surface area contributed by atoms with Gasteiger partial charge in [0.2, 0.25) is 5.69 Å². The van der Waals surface area contributed by atoms with Crippen molar-refractivity contribution in [3.8, 4) is 0 Å². The predicted octanol–water partition coefficient (Wildman–Crippen LogP) is 7.18. The Hall–Kier alpha value is -6.75. The van der Waals surface area contributed by atoms with Crippen molar-refractivity contribution in [2.45, 2.75) is 83.3 Å². The largest absolute Gasteiger partial charge is 0.748 e. The van der Waals surface area contributed by atoms with Crippen molar-refractivity contribution >= 4 is 115 Å². The number of hydrogen-bond acceptors (Lipinski definition) is 23. The zero-order valence-corrected chi connectivity index (χ0v) is 52.6. The number of carbonyl (C=O) groups excluding carboxylic acids is 1. The third-order valence-electron chi connectivity index (χ3n) is 15.5. The first kappa shape index (κ1) is 66.7. The fourth-order valence-corrected chi connectivity index (χ4v) is 15.0. The standard InChI is InChI=1S/C60H60N4O19S6/c1-59(2)55(64(30-12-32-86(68,69)70)50-23-20-45-47(56(50)59)33-42(87(71,72)73)35-52(45)85-83-81-67)26-19-40(49-22-17-41(37-62-49)58(65)61-28-27-44(38-13-7-5-8-14-38)39-15-9-6-10-16-39)18-25-54-60(3,4)57-48-34-43(88(74,75)76)36-53(89(77,78)79)46(48)21-24-51(57)63(54)29-11-31-84-82-80-66/h5-10,13-26,33-37,44H,11-12,27-32H2,1-4H3,(H6-,61,65,66,67,68,69,70,71,72,73,74,75,76,77,78,79)/p-5. The van der Waals surface area contributed by atoms with Gasteiger partial charge in [0, 0.05) is 100 Å². The molecule has 1 amide bonds. The molecule has 9 rings (SSSR count). The molecule has 0 unspecified atom stereocenters. The molecule has 29 heteroatoms. The van der Waals surface area contributed by atoms with E-state index in [0.29, 0.717) is 82.4 Å². The average Bonchev–Trinajstić information content (AvgIpc) is 1.63. The zero-order chi connectivity index (χ0) is 64.3. The summed E-state index contributed by atoms with van der Waals surface area (Å²) < 4.78 is 161. The van der Waals surface area contributed by atoms with E-state index in [2.05, 4.69) is 24.1 Å². The van der Waals surface area contributed by atoms with E-state index in [-0.39, 0.29) is 63.5 Å². The van der Waals surface area contributed by atoms with Crippen molar-refractivity contribution in [2.24, 2.45) is 0 Å². The molecule has 3 heterocycles. The molecule has 0 spiro atoms. The highest BCUT2D eigenvalue weighted by atomic mass is 32.2. The van der Waals surface area contributed by atoms with Gasteiger partial charge in [0.1, 0.15) is 36.9 Å². The second kappa shape index (κ2) is 27.0. The maximum Gasteiger partial charge on any atom is 0.252 e. The number of anilines is 1. The summed E-state index contributed by atoms with van der Waals surface area (Å²) >= 11 is 1.09. The van der Waals surface area contributed by atoms with Crippen molar-refractivity contribution in [1.82, 2.24) is 10.3 Å². The number of carbonyl (C=O) groups is 1. The first-order valence-corrected chi connectivity index (χ1v) is 34.6. The van der Waals surface area contributed by atoms with E-state index in [0.717, 1.165) is 35.3 Å². The molecule has 0 saturated heterocycles. The lowest BCUT2D eigenvalue weighted by Crippen LogP contribution is -2.28. The lowest BCUT2D eigenvalue weighted by molar-refractivity contribution is -0.777. The summed E-state index contributed by atoms with van der Waals surface area (Å²) in [6.07, 6.45) is 8.84. The molecule has 7 aromatic rings. The quantitative estimate of drug-likeness (QED) is 0.0107. The molecule has 0 bridgehead atoms. The van der Waals surface area contributed by atoms with Crippen LogP contribution in [0.5, 0.6) is 0 Å². The van der Waals surface area contributed by atoms with Crippen LogP contribution in [0.25, 0.3) is 27.1 Å². The number of amides is 1. The highest BCUT2D eigenvalue weighted by Crippen LogP contribution is 2.52. The maximum absolute atomic E-state index is 13.9. The van der Waals surface area contributed by atoms with E-state index in [4.69, 9.17) is 4.98 Å². The number of hydrogen-bond donors (Lipinski definition) is 1. The number of nitrogens with zero attached hydrogens (tertiary/aromatic N) is 3. The number of fused-ring (bicyclic) bond motifs is 6. The van der Waals surface area contributed by atoms with Crippen LogP contribution in [-0.4, -0.2) is 104 Å². The Morgan fingerprint density at radius 1 is 0.708 bits per heavy atom. The van der Waals surface area contributed by atoms with Crippen molar-refractivity contribution in [3.05, 3.63) is 191 Å². The molecular weight excluding hydrogens is 1270 g/mol. The lowest BCUT2D eigenvalue weighted by Gasteiger charge is -2.27. The van der Waals surface area contributed by atoms with Crippen LogP contribution in [0.4, 0.5) is 11.4 Å². The smallest absolute Gasteiger partial charge is 0.252 e. The van der Waals surface area contributed by atoms with Gasteiger partial charge in [-0.25, -0.2) is 33.7 Å². The van der Waals surface area contributed by atoms with Gasteiger partial charge >= 0.3 is 0 Å². The zero-order valence-electron chi connectivity index (χ0n) is 47.7. The third-order valence-corrected chi connectivity index (χ3v) is 20.1. The summed E-state index contributed by atoms with van der Waals surface area (Å²) in [6, 6.07) is 32.8. The molecule has 0 atom stereocenters. The van der Waals surface area contributed by atoms with Crippen molar-refractivity contribution in [1.29, 1.82) is 0 Å². The number of aromatic nitrogens is 1. The van der Waals surface area contributed by atoms with E-state index >= 15 is 0 Å². The predicted molar refractivity (Wildman–Crippen MR) is 323 cm³/mol. The Morgan fingerprint density at radius 3 is 1.93 bits per heavy atom. The summed E-state index contributed by atoms with van der Waals surface area (Å²) in [6.45, 7) is 7.48. The summed E-state index contributed by atoms with van der Waals surface area (Å²) in [7, 11) is -20.6. The molecule has 0 saturated carbocycles. The highest BCUT2D eigenvalue weighted by molar-refractivity contribution is 7.95. The molecule has 0 radical (unpaired) electrons. The molecule has 0 fully saturated rings. The monoisotopic (exact) mass is 1330 g/mol. The number of benzene rings is 6. The Morgan fingerprint density at radius 2 is 1.34 bits per heavy atom. The number of rotatable bonds is 26. The van der Waals surface area contributed by atoms with Gasteiger partial charge in [-0.1, -0.05) is 86.7 Å². The molecule has 23 nitrogen and oxygen atoms in total. The van der Waals surface area contributed by atoms with E-state index in [1.54, 1.807) is 86.9 Å². The van der Waals surface area contributed by atoms with Crippen LogP contribution in [0.15, 0.2) is 177 Å². The van der Waals surface area contributed by atoms with Gasteiger partial charge in [-0.2, -0.15) is 13.2 Å². The van der Waals surface area contributed by atoms with Gasteiger partial charge in [0.05, 0.1) is 53.5 Å². The minimum absolute atomic E-state index is 0.0197. The molecule has 2 aliphatic rings. The number of nitrogens with one attached hydrogen (secondary N) is 1. The summed E-state index contributed by atoms with van der Waals surface area (Å²) in [4.78, 5) is 18.0. The molecule has 1 N–H and O–H groups in total. The molecule has 2 aliphatic heterocycles. The van der Waals surface area contributed by atoms with Crippen molar-refractivity contribution < 1.29 is 90.5 Å². The second-order valence-corrected chi connectivity index (χ2v) is 28.9. The van der Waals surface area contributed by atoms with Crippen LogP contribution in [0.1, 0.15) is 91.2 Å². The van der Waals surface area contributed by atoms with Gasteiger partial charge in [-0.3, -0.25) is 19.9 Å². The first-order valence-electron chi connectivity index (χ1n) is 27.2. The maximum atomic E-state index is 13.9. The van der Waals surface area contributed by atoms with Crippen molar-refractivity contribution in [3.63, 3.8) is 0 Å². The van der Waals surface area contributed by atoms with E-state index in [1.165, 1.54) is 18.3 Å². The van der Waals surface area contributed by atoms with Crippen LogP contribution < -0.4 is 20.7 Å². The fraction of sp³-hybridized carbons (Fsp3) is 0.250. The molecular formula is C60H55N4O19S6-5. The third kappa shape index (κ3) is 14.9. The second-order valence-electron chi connectivity index (χ2n) is 21.8. The molecule has 1 aromatic heterocycles. The van der Waals surface area contributed by atoms with Gasteiger partial charge in [0.15, 0.2) is 5.71 Å². The number of pyridine rings is 1. The minimum Gasteiger partial charge on any atom is -0.748 e. The summed E-state index contributed by atoms with van der Waals surface area (Å²) in [5, 5.41) is 32.2. The van der Waals surface area contributed by atoms with Crippen LogP contribution in [0.3, 0.4) is 0 Å². The molecule has 0 aliphatic carbocycles. The van der Waals surface area contributed by atoms with E-state index < -0.39 is 77.6 Å². The molecule has 89 heavy (non-hydrogen) atoms. The Bertz CT molecular complexity index is 4430. The average molecular weight is 1330 g/mol. The van der Waals surface area contributed by atoms with Gasteiger partial charge in [0.25, 0.3) is 5.91 Å². The number of allylic oxidation sites excluding steroid dienone is 6. The SMILES string of the molecule is CC1(C)C(/C=C/C(=C/C=C2/N(CCCSOO[O-])c3ccc4c(S(=O)(=O)[O-])cc(S(=O)(=O)[O-])cc4c3C2(C)C)c2ccc(C(=O)NCCC(c3ccccc3)c3ccccc3)cn2)=[N+](CCCS(=O)(=O)[O-])c2ccc3c(SOO[O-])cc(S(=O)(=O)[O-])cc3c21. The molecule has 470 valence electrons. The van der Waals surface area contributed by atoms with Crippen LogP contribution in [-0.2, 0) is 70.0 Å². The molecule has 6 aromatic carbocycles. The van der Waals surface area contributed by atoms with Gasteiger partial charge in [-0.05, 0) is 126 Å². The van der Waals surface area contributed by atoms with Crippen molar-refractivity contribution in [2.75, 3.05) is 36.0 Å². The normalized spacial score (nSPS) is 15.7. The Labute approximate surface area is 522 Å². The Kier molecular flexibility index (Phi) is 20.2. The van der Waals surface area contributed by atoms with Crippen LogP contribution in [0, 0.1) is 0 Å². The van der Waals surface area contributed by atoms with Crippen LogP contribution >= 0.6 is 24.1 Å². The highest BCUT2D eigenvalue weighted by Gasteiger charge is 2.46. The lowest BCUT2D eigenvalue weighted by atomic mass is 9.79. The minimum atomic E-state index is -5.38. The van der Waals surface area contributed by atoms with Gasteiger partial charge in [-0.15, -0.1) is 0 Å². The fourth-order valence-electron chi connectivity index (χ4n) is 11.7. The van der Waals surface area contributed by atoms with E-state index in [9.17, 15) is 67.2 Å².